The third-order valence-corrected chi connectivity index (χ3v) is 4.42. The zero-order chi connectivity index (χ0) is 21.4. The van der Waals surface area contributed by atoms with E-state index in [2.05, 4.69) is 14.8 Å². The fourth-order valence-corrected chi connectivity index (χ4v) is 2.95. The molecule has 1 aliphatic heterocycles. The number of hydrogen-bond acceptors (Lipinski definition) is 4. The average Bonchev–Trinajstić information content (AvgIpc) is 3.29. The molecule has 0 bridgehead atoms. The van der Waals surface area contributed by atoms with Crippen LogP contribution in [-0.4, -0.2) is 27.7 Å². The van der Waals surface area contributed by atoms with Crippen molar-refractivity contribution in [3.8, 4) is 5.75 Å². The highest BCUT2D eigenvalue weighted by Crippen LogP contribution is 2.41. The molecule has 156 valence electrons. The Morgan fingerprint density at radius 3 is 2.47 bits per heavy atom. The van der Waals surface area contributed by atoms with Crippen LogP contribution in [0.3, 0.4) is 0 Å². The predicted octanol–water partition coefficient (Wildman–Crippen LogP) is 4.55. The number of epoxide rings is 1. The van der Waals surface area contributed by atoms with Gasteiger partial charge in [0.05, 0.1) is 13.2 Å². The first kappa shape index (κ1) is 20.0. The van der Waals surface area contributed by atoms with Crippen LogP contribution in [0.1, 0.15) is 17.0 Å². The molecule has 0 saturated carbocycles. The first-order valence-corrected chi connectivity index (χ1v) is 8.75. The molecule has 1 aliphatic rings. The Bertz CT molecular complexity index is 1070. The third-order valence-electron chi connectivity index (χ3n) is 4.42. The summed E-state index contributed by atoms with van der Waals surface area (Å²) < 4.78 is 74.5. The zero-order valence-electron chi connectivity index (χ0n) is 15.2. The summed E-state index contributed by atoms with van der Waals surface area (Å²) in [5, 5.41) is 4.26. The monoisotopic (exact) mass is 423 g/mol. The Hall–Kier alpha value is -3.27. The van der Waals surface area contributed by atoms with Crippen molar-refractivity contribution in [1.29, 1.82) is 0 Å². The summed E-state index contributed by atoms with van der Waals surface area (Å²) in [6.07, 6.45) is -0.0898. The second-order valence-corrected chi connectivity index (χ2v) is 6.66. The van der Waals surface area contributed by atoms with Gasteiger partial charge in [-0.2, -0.15) is 5.10 Å². The minimum absolute atomic E-state index is 0.194. The lowest BCUT2D eigenvalue weighted by Crippen LogP contribution is -2.20. The summed E-state index contributed by atoms with van der Waals surface area (Å²) in [6.45, 7) is 0.465. The summed E-state index contributed by atoms with van der Waals surface area (Å²) in [4.78, 5) is 4.12. The summed E-state index contributed by atoms with van der Waals surface area (Å²) in [5.41, 5.74) is -0.0465. The molecule has 2 aromatic carbocycles. The molecule has 5 nitrogen and oxygen atoms in total. The second-order valence-electron chi connectivity index (χ2n) is 6.66. The van der Waals surface area contributed by atoms with Crippen LogP contribution in [0.25, 0.3) is 12.2 Å². The van der Waals surface area contributed by atoms with Crippen molar-refractivity contribution in [3.05, 3.63) is 77.4 Å². The molecule has 0 N–H and O–H groups in total. The number of rotatable bonds is 6. The maximum Gasteiger partial charge on any atom is 0.573 e. The van der Waals surface area contributed by atoms with E-state index in [9.17, 15) is 22.0 Å². The topological polar surface area (TPSA) is 52.5 Å². The lowest BCUT2D eigenvalue weighted by Gasteiger charge is -2.13. The standard InChI is InChI=1S/C20H14F5N3O2/c21-14-4-7-16(17(22)9-14)19(11-29-19)10-28-12-26-18(27-28)8-3-13-1-5-15(6-2-13)30-20(23,24)25/h1-9,12H,10-11H2/b8-3+. The molecular formula is C20H14F5N3O2. The van der Waals surface area contributed by atoms with Crippen molar-refractivity contribution in [2.24, 2.45) is 0 Å². The quantitative estimate of drug-likeness (QED) is 0.431. The number of nitrogens with zero attached hydrogens (tertiary/aromatic N) is 3. The van der Waals surface area contributed by atoms with E-state index in [0.717, 1.165) is 6.07 Å². The first-order chi connectivity index (χ1) is 14.2. The molecule has 0 radical (unpaired) electrons. The van der Waals surface area contributed by atoms with Gasteiger partial charge in [-0.1, -0.05) is 24.3 Å². The van der Waals surface area contributed by atoms with Crippen molar-refractivity contribution in [2.45, 2.75) is 18.5 Å². The Kier molecular flexibility index (Phi) is 5.02. The Balaban J connectivity index is 1.42. The van der Waals surface area contributed by atoms with Crippen LogP contribution < -0.4 is 4.74 Å². The first-order valence-electron chi connectivity index (χ1n) is 8.75. The number of hydrogen-bond donors (Lipinski definition) is 0. The van der Waals surface area contributed by atoms with E-state index in [1.807, 2.05) is 0 Å². The number of alkyl halides is 3. The maximum atomic E-state index is 14.1. The zero-order valence-corrected chi connectivity index (χ0v) is 15.2. The van der Waals surface area contributed by atoms with Crippen molar-refractivity contribution >= 4 is 12.2 Å². The van der Waals surface area contributed by atoms with E-state index in [1.54, 1.807) is 12.2 Å². The molecular weight excluding hydrogens is 409 g/mol. The molecule has 0 amide bonds. The SMILES string of the molecule is Fc1ccc(C2(Cn3cnc(/C=C/c4ccc(OC(F)(F)F)cc4)n3)CO2)c(F)c1. The Morgan fingerprint density at radius 1 is 1.10 bits per heavy atom. The lowest BCUT2D eigenvalue weighted by atomic mass is 9.99. The normalized spacial score (nSPS) is 18.7. The second kappa shape index (κ2) is 7.52. The molecule has 1 aromatic heterocycles. The molecule has 10 heteroatoms. The minimum Gasteiger partial charge on any atom is -0.406 e. The summed E-state index contributed by atoms with van der Waals surface area (Å²) in [6, 6.07) is 8.64. The summed E-state index contributed by atoms with van der Waals surface area (Å²) in [7, 11) is 0. The summed E-state index contributed by atoms with van der Waals surface area (Å²) >= 11 is 0. The smallest absolute Gasteiger partial charge is 0.406 e. The van der Waals surface area contributed by atoms with Gasteiger partial charge in [-0.15, -0.1) is 13.2 Å². The van der Waals surface area contributed by atoms with Crippen LogP contribution in [0.2, 0.25) is 0 Å². The van der Waals surface area contributed by atoms with Gasteiger partial charge in [0.25, 0.3) is 0 Å². The third kappa shape index (κ3) is 4.65. The predicted molar refractivity (Wildman–Crippen MR) is 96.1 cm³/mol. The molecule has 1 atom stereocenters. The number of benzene rings is 2. The van der Waals surface area contributed by atoms with Crippen LogP contribution in [0, 0.1) is 11.6 Å². The van der Waals surface area contributed by atoms with E-state index in [-0.39, 0.29) is 24.5 Å². The fourth-order valence-electron chi connectivity index (χ4n) is 2.95. The Labute approximate surface area is 167 Å². The fraction of sp³-hybridized carbons (Fsp3) is 0.200. The molecule has 1 saturated heterocycles. The molecule has 0 aliphatic carbocycles. The van der Waals surface area contributed by atoms with Crippen LogP contribution >= 0.6 is 0 Å². The molecule has 3 aromatic rings. The van der Waals surface area contributed by atoms with E-state index in [1.165, 1.54) is 47.4 Å². The number of aromatic nitrogens is 3. The van der Waals surface area contributed by atoms with E-state index in [0.29, 0.717) is 11.4 Å². The van der Waals surface area contributed by atoms with Gasteiger partial charge in [0.1, 0.15) is 29.3 Å². The largest absolute Gasteiger partial charge is 0.573 e. The molecule has 1 unspecified atom stereocenters. The number of ether oxygens (including phenoxy) is 2. The molecule has 30 heavy (non-hydrogen) atoms. The minimum atomic E-state index is -4.74. The van der Waals surface area contributed by atoms with E-state index in [4.69, 9.17) is 4.74 Å². The van der Waals surface area contributed by atoms with Gasteiger partial charge in [0.15, 0.2) is 5.82 Å². The number of halogens is 5. The molecule has 1 fully saturated rings. The molecule has 0 spiro atoms. The van der Waals surface area contributed by atoms with Gasteiger partial charge in [0.2, 0.25) is 0 Å². The van der Waals surface area contributed by atoms with Crippen molar-refractivity contribution in [1.82, 2.24) is 14.8 Å². The highest BCUT2D eigenvalue weighted by molar-refractivity contribution is 5.66. The molecule has 2 heterocycles. The van der Waals surface area contributed by atoms with E-state index < -0.39 is 23.6 Å². The van der Waals surface area contributed by atoms with Crippen LogP contribution in [0.15, 0.2) is 48.8 Å². The van der Waals surface area contributed by atoms with Gasteiger partial charge in [-0.3, -0.25) is 0 Å². The average molecular weight is 423 g/mol. The van der Waals surface area contributed by atoms with Crippen molar-refractivity contribution < 1.29 is 31.4 Å². The van der Waals surface area contributed by atoms with Gasteiger partial charge >= 0.3 is 6.36 Å². The van der Waals surface area contributed by atoms with Gasteiger partial charge in [-0.05, 0) is 29.8 Å². The van der Waals surface area contributed by atoms with Crippen LogP contribution in [-0.2, 0) is 16.9 Å². The van der Waals surface area contributed by atoms with E-state index >= 15 is 0 Å². The van der Waals surface area contributed by atoms with Crippen molar-refractivity contribution in [2.75, 3.05) is 6.61 Å². The van der Waals surface area contributed by atoms with Crippen LogP contribution in [0.4, 0.5) is 22.0 Å². The van der Waals surface area contributed by atoms with Gasteiger partial charge in [0, 0.05) is 11.6 Å². The van der Waals surface area contributed by atoms with Crippen LogP contribution in [0.5, 0.6) is 5.75 Å². The maximum absolute atomic E-state index is 14.1. The highest BCUT2D eigenvalue weighted by atomic mass is 19.4. The Morgan fingerprint density at radius 2 is 1.83 bits per heavy atom. The molecule has 4 rings (SSSR count). The highest BCUT2D eigenvalue weighted by Gasteiger charge is 2.49. The van der Waals surface area contributed by atoms with Crippen molar-refractivity contribution in [3.63, 3.8) is 0 Å². The van der Waals surface area contributed by atoms with Gasteiger partial charge in [-0.25, -0.2) is 18.4 Å². The summed E-state index contributed by atoms with van der Waals surface area (Å²) in [5.74, 6) is -1.32. The lowest BCUT2D eigenvalue weighted by molar-refractivity contribution is -0.274. The van der Waals surface area contributed by atoms with Gasteiger partial charge < -0.3 is 9.47 Å².